The van der Waals surface area contributed by atoms with Crippen molar-refractivity contribution in [2.24, 2.45) is 0 Å². The summed E-state index contributed by atoms with van der Waals surface area (Å²) in [5, 5.41) is 11.0. The summed E-state index contributed by atoms with van der Waals surface area (Å²) in [6, 6.07) is 12.5. The molecular formula is C14H10ClNO4. The van der Waals surface area contributed by atoms with E-state index in [1.165, 1.54) is 18.2 Å². The SMILES string of the molecule is O=C(OCc1cc([N+](=O)[O-])ccc1Cl)c1ccccc1. The van der Waals surface area contributed by atoms with Gasteiger partial charge in [0.25, 0.3) is 5.69 Å². The number of hydrogen-bond donors (Lipinski definition) is 0. The lowest BCUT2D eigenvalue weighted by atomic mass is 10.2. The predicted molar refractivity (Wildman–Crippen MR) is 73.7 cm³/mol. The van der Waals surface area contributed by atoms with Gasteiger partial charge >= 0.3 is 5.97 Å². The van der Waals surface area contributed by atoms with E-state index in [1.54, 1.807) is 30.3 Å². The molecule has 0 atom stereocenters. The van der Waals surface area contributed by atoms with Gasteiger partial charge in [-0.15, -0.1) is 0 Å². The van der Waals surface area contributed by atoms with Crippen molar-refractivity contribution in [3.8, 4) is 0 Å². The van der Waals surface area contributed by atoms with E-state index in [2.05, 4.69) is 0 Å². The summed E-state index contributed by atoms with van der Waals surface area (Å²) in [6.45, 7) is -0.117. The molecule has 0 aliphatic heterocycles. The Morgan fingerprint density at radius 3 is 2.55 bits per heavy atom. The number of nitro benzene ring substituents is 1. The minimum atomic E-state index is -0.529. The van der Waals surface area contributed by atoms with Gasteiger partial charge in [-0.3, -0.25) is 10.1 Å². The van der Waals surface area contributed by atoms with Gasteiger partial charge in [-0.25, -0.2) is 4.79 Å². The number of hydrogen-bond acceptors (Lipinski definition) is 4. The topological polar surface area (TPSA) is 69.4 Å². The lowest BCUT2D eigenvalue weighted by Crippen LogP contribution is -2.05. The lowest BCUT2D eigenvalue weighted by Gasteiger charge is -2.06. The van der Waals surface area contributed by atoms with E-state index in [0.717, 1.165) is 0 Å². The predicted octanol–water partition coefficient (Wildman–Crippen LogP) is 3.61. The third-order valence-electron chi connectivity index (χ3n) is 2.61. The van der Waals surface area contributed by atoms with E-state index >= 15 is 0 Å². The van der Waals surface area contributed by atoms with Crippen LogP contribution in [-0.2, 0) is 11.3 Å². The van der Waals surface area contributed by atoms with Crippen molar-refractivity contribution in [3.05, 3.63) is 74.8 Å². The van der Waals surface area contributed by atoms with Gasteiger partial charge < -0.3 is 4.74 Å². The fourth-order valence-electron chi connectivity index (χ4n) is 1.59. The molecule has 5 nitrogen and oxygen atoms in total. The molecule has 0 aliphatic rings. The minimum absolute atomic E-state index is 0.0971. The van der Waals surface area contributed by atoms with Crippen LogP contribution in [0.15, 0.2) is 48.5 Å². The Hall–Kier alpha value is -2.40. The molecule has 0 saturated heterocycles. The summed E-state index contributed by atoms with van der Waals surface area (Å²) in [5.41, 5.74) is 0.708. The van der Waals surface area contributed by atoms with Gasteiger partial charge in [-0.05, 0) is 18.2 Å². The summed E-state index contributed by atoms with van der Waals surface area (Å²) in [5.74, 6) is -0.506. The third kappa shape index (κ3) is 3.33. The number of ether oxygens (including phenoxy) is 1. The summed E-state index contributed by atoms with van der Waals surface area (Å²) in [4.78, 5) is 21.9. The normalized spacial score (nSPS) is 10.1. The number of halogens is 1. The van der Waals surface area contributed by atoms with Crippen molar-refractivity contribution in [2.75, 3.05) is 0 Å². The van der Waals surface area contributed by atoms with E-state index < -0.39 is 10.9 Å². The molecule has 0 fully saturated rings. The number of rotatable bonds is 4. The second-order valence-corrected chi connectivity index (χ2v) is 4.38. The van der Waals surface area contributed by atoms with Crippen molar-refractivity contribution in [3.63, 3.8) is 0 Å². The number of carbonyl (C=O) groups excluding carboxylic acids is 1. The zero-order valence-corrected chi connectivity index (χ0v) is 11.0. The van der Waals surface area contributed by atoms with Crippen molar-refractivity contribution >= 4 is 23.3 Å². The number of benzene rings is 2. The van der Waals surface area contributed by atoms with Crippen LogP contribution in [0.1, 0.15) is 15.9 Å². The monoisotopic (exact) mass is 291 g/mol. The minimum Gasteiger partial charge on any atom is -0.457 e. The first-order valence-electron chi connectivity index (χ1n) is 5.73. The van der Waals surface area contributed by atoms with Crippen molar-refractivity contribution < 1.29 is 14.5 Å². The van der Waals surface area contributed by atoms with Gasteiger partial charge in [-0.1, -0.05) is 29.8 Å². The third-order valence-corrected chi connectivity index (χ3v) is 2.98. The van der Waals surface area contributed by atoms with E-state index in [-0.39, 0.29) is 12.3 Å². The Morgan fingerprint density at radius 2 is 1.90 bits per heavy atom. The van der Waals surface area contributed by atoms with E-state index in [0.29, 0.717) is 16.1 Å². The Balaban J connectivity index is 2.09. The van der Waals surface area contributed by atoms with Crippen LogP contribution < -0.4 is 0 Å². The Kier molecular flexibility index (Phi) is 4.32. The first-order chi connectivity index (χ1) is 9.58. The first-order valence-corrected chi connectivity index (χ1v) is 6.10. The number of nitro groups is 1. The highest BCUT2D eigenvalue weighted by atomic mass is 35.5. The maximum Gasteiger partial charge on any atom is 0.338 e. The summed E-state index contributed by atoms with van der Waals surface area (Å²) >= 11 is 5.92. The molecule has 0 aliphatic carbocycles. The Morgan fingerprint density at radius 1 is 1.20 bits per heavy atom. The molecule has 2 aromatic rings. The number of nitrogens with zero attached hydrogens (tertiary/aromatic N) is 1. The average molecular weight is 292 g/mol. The maximum atomic E-state index is 11.7. The quantitative estimate of drug-likeness (QED) is 0.490. The molecule has 0 heterocycles. The molecule has 0 spiro atoms. The van der Waals surface area contributed by atoms with Crippen LogP contribution in [0.4, 0.5) is 5.69 Å². The average Bonchev–Trinajstić information content (AvgIpc) is 2.46. The highest BCUT2D eigenvalue weighted by molar-refractivity contribution is 6.31. The van der Waals surface area contributed by atoms with Crippen LogP contribution in [0.25, 0.3) is 0 Å². The molecule has 0 unspecified atom stereocenters. The molecule has 0 amide bonds. The Labute approximate surface area is 119 Å². The summed E-state index contributed by atoms with van der Waals surface area (Å²) < 4.78 is 5.08. The molecule has 2 aromatic carbocycles. The van der Waals surface area contributed by atoms with Gasteiger partial charge in [0.1, 0.15) is 6.61 Å². The first kappa shape index (κ1) is 14.0. The maximum absolute atomic E-state index is 11.7. The fraction of sp³-hybridized carbons (Fsp3) is 0.0714. The molecule has 0 saturated carbocycles. The molecule has 6 heteroatoms. The van der Waals surface area contributed by atoms with Crippen LogP contribution in [0, 0.1) is 10.1 Å². The van der Waals surface area contributed by atoms with Crippen molar-refractivity contribution in [2.45, 2.75) is 6.61 Å². The molecule has 2 rings (SSSR count). The van der Waals surface area contributed by atoms with Gasteiger partial charge in [0, 0.05) is 22.7 Å². The number of esters is 1. The highest BCUT2D eigenvalue weighted by Gasteiger charge is 2.12. The summed E-state index contributed by atoms with van der Waals surface area (Å²) in [7, 11) is 0. The zero-order chi connectivity index (χ0) is 14.5. The zero-order valence-electron chi connectivity index (χ0n) is 10.3. The second-order valence-electron chi connectivity index (χ2n) is 3.97. The molecule has 0 N–H and O–H groups in total. The molecule has 20 heavy (non-hydrogen) atoms. The molecule has 102 valence electrons. The molecule has 0 radical (unpaired) electrons. The van der Waals surface area contributed by atoms with Crippen LogP contribution in [0.5, 0.6) is 0 Å². The smallest absolute Gasteiger partial charge is 0.338 e. The van der Waals surface area contributed by atoms with Gasteiger partial charge in [0.05, 0.1) is 10.5 Å². The standard InChI is InChI=1S/C14H10ClNO4/c15-13-7-6-12(16(18)19)8-11(13)9-20-14(17)10-4-2-1-3-5-10/h1-8H,9H2. The van der Waals surface area contributed by atoms with Gasteiger partial charge in [-0.2, -0.15) is 0 Å². The van der Waals surface area contributed by atoms with Gasteiger partial charge in [0.2, 0.25) is 0 Å². The number of non-ortho nitro benzene ring substituents is 1. The Bertz CT molecular complexity index is 643. The van der Waals surface area contributed by atoms with Crippen LogP contribution in [0.3, 0.4) is 0 Å². The fourth-order valence-corrected chi connectivity index (χ4v) is 1.76. The summed E-state index contributed by atoms with van der Waals surface area (Å²) in [6.07, 6.45) is 0. The second kappa shape index (κ2) is 6.16. The van der Waals surface area contributed by atoms with Crippen molar-refractivity contribution in [1.29, 1.82) is 0 Å². The van der Waals surface area contributed by atoms with E-state index in [1.807, 2.05) is 0 Å². The highest BCUT2D eigenvalue weighted by Crippen LogP contribution is 2.23. The van der Waals surface area contributed by atoms with Crippen LogP contribution >= 0.6 is 11.6 Å². The van der Waals surface area contributed by atoms with Crippen molar-refractivity contribution in [1.82, 2.24) is 0 Å². The van der Waals surface area contributed by atoms with Crippen LogP contribution in [0.2, 0.25) is 5.02 Å². The molecule has 0 bridgehead atoms. The lowest BCUT2D eigenvalue weighted by molar-refractivity contribution is -0.384. The van der Waals surface area contributed by atoms with E-state index in [4.69, 9.17) is 16.3 Å². The largest absolute Gasteiger partial charge is 0.457 e. The number of carbonyl (C=O) groups is 1. The molecular weight excluding hydrogens is 282 g/mol. The molecule has 0 aromatic heterocycles. The van der Waals surface area contributed by atoms with Gasteiger partial charge in [0.15, 0.2) is 0 Å². The van der Waals surface area contributed by atoms with Crippen LogP contribution in [-0.4, -0.2) is 10.9 Å². The van der Waals surface area contributed by atoms with E-state index in [9.17, 15) is 14.9 Å².